The van der Waals surface area contributed by atoms with Gasteiger partial charge in [-0.1, -0.05) is 18.2 Å². The standard InChI is InChI=1S/C15H17NO5/c1-10(16-15(7-17,8-18)9-19)12-6-11-4-2-3-5-13(11)21-14(12)20/h2-6,17-19H,7-9H2,1H3. The van der Waals surface area contributed by atoms with E-state index in [0.717, 1.165) is 5.39 Å². The quantitative estimate of drug-likeness (QED) is 0.543. The summed E-state index contributed by atoms with van der Waals surface area (Å²) in [5.41, 5.74) is -0.989. The molecule has 0 saturated heterocycles. The maximum atomic E-state index is 12.0. The van der Waals surface area contributed by atoms with Gasteiger partial charge in [0.1, 0.15) is 11.1 Å². The minimum Gasteiger partial charge on any atom is -0.422 e. The summed E-state index contributed by atoms with van der Waals surface area (Å²) in [6.07, 6.45) is 0. The summed E-state index contributed by atoms with van der Waals surface area (Å²) < 4.78 is 5.21. The third kappa shape index (κ3) is 3.02. The molecule has 0 fully saturated rings. The molecule has 21 heavy (non-hydrogen) atoms. The smallest absolute Gasteiger partial charge is 0.345 e. The summed E-state index contributed by atoms with van der Waals surface area (Å²) in [4.78, 5) is 16.1. The molecule has 0 radical (unpaired) electrons. The molecule has 0 amide bonds. The van der Waals surface area contributed by atoms with Gasteiger partial charge >= 0.3 is 5.63 Å². The van der Waals surface area contributed by atoms with Crippen LogP contribution in [0.1, 0.15) is 12.5 Å². The molecular weight excluding hydrogens is 274 g/mol. The fraction of sp³-hybridized carbons (Fsp3) is 0.333. The van der Waals surface area contributed by atoms with Crippen LogP contribution >= 0.6 is 0 Å². The van der Waals surface area contributed by atoms with Crippen LogP contribution in [0.25, 0.3) is 11.0 Å². The lowest BCUT2D eigenvalue weighted by molar-refractivity contribution is 0.0714. The van der Waals surface area contributed by atoms with Gasteiger partial charge in [-0.3, -0.25) is 4.99 Å². The SMILES string of the molecule is CC(=NC(CO)(CO)CO)c1cc2ccccc2oc1=O. The summed E-state index contributed by atoms with van der Waals surface area (Å²) in [5.74, 6) is 0. The number of aliphatic imine (C=N–C) groups is 1. The average molecular weight is 291 g/mol. The van der Waals surface area contributed by atoms with Gasteiger partial charge < -0.3 is 19.7 Å². The van der Waals surface area contributed by atoms with Crippen molar-refractivity contribution in [2.45, 2.75) is 12.5 Å². The highest BCUT2D eigenvalue weighted by atomic mass is 16.4. The van der Waals surface area contributed by atoms with Crippen LogP contribution in [0.2, 0.25) is 0 Å². The van der Waals surface area contributed by atoms with E-state index in [2.05, 4.69) is 4.99 Å². The van der Waals surface area contributed by atoms with Gasteiger partial charge in [0.25, 0.3) is 0 Å². The van der Waals surface area contributed by atoms with Crippen LogP contribution in [0.4, 0.5) is 0 Å². The maximum Gasteiger partial charge on any atom is 0.345 e. The Bertz CT molecular complexity index is 707. The van der Waals surface area contributed by atoms with E-state index in [1.165, 1.54) is 0 Å². The normalized spacial score (nSPS) is 12.9. The van der Waals surface area contributed by atoms with Crippen molar-refractivity contribution in [1.82, 2.24) is 0 Å². The predicted octanol–water partition coefficient (Wildman–Crippen LogP) is 0.318. The third-order valence-corrected chi connectivity index (χ3v) is 3.32. The molecule has 1 aromatic carbocycles. The van der Waals surface area contributed by atoms with Crippen molar-refractivity contribution >= 4 is 16.7 Å². The first-order chi connectivity index (χ1) is 10.0. The molecule has 6 heteroatoms. The first kappa shape index (κ1) is 15.4. The second-order valence-electron chi connectivity index (χ2n) is 4.88. The van der Waals surface area contributed by atoms with Gasteiger partial charge in [-0.05, 0) is 19.1 Å². The topological polar surface area (TPSA) is 103 Å². The Morgan fingerprint density at radius 3 is 2.43 bits per heavy atom. The minimum atomic E-state index is -1.41. The van der Waals surface area contributed by atoms with Gasteiger partial charge in [-0.2, -0.15) is 0 Å². The number of nitrogens with zero attached hydrogens (tertiary/aromatic N) is 1. The molecule has 0 aliphatic rings. The van der Waals surface area contributed by atoms with Crippen molar-refractivity contribution in [2.75, 3.05) is 19.8 Å². The second kappa shape index (κ2) is 6.17. The Labute approximate surface area is 121 Å². The highest BCUT2D eigenvalue weighted by Crippen LogP contribution is 2.15. The molecule has 0 spiro atoms. The summed E-state index contributed by atoms with van der Waals surface area (Å²) in [5, 5.41) is 28.6. The summed E-state index contributed by atoms with van der Waals surface area (Å²) >= 11 is 0. The van der Waals surface area contributed by atoms with Gasteiger partial charge in [0.05, 0.1) is 25.4 Å². The Kier molecular flexibility index (Phi) is 4.52. The molecule has 0 bridgehead atoms. The van der Waals surface area contributed by atoms with E-state index in [1.807, 2.05) is 6.07 Å². The van der Waals surface area contributed by atoms with Crippen LogP contribution in [-0.4, -0.2) is 46.4 Å². The van der Waals surface area contributed by atoms with Crippen molar-refractivity contribution < 1.29 is 19.7 Å². The number of aliphatic hydroxyl groups excluding tert-OH is 3. The van der Waals surface area contributed by atoms with E-state index >= 15 is 0 Å². The van der Waals surface area contributed by atoms with Gasteiger partial charge in [0.15, 0.2) is 0 Å². The van der Waals surface area contributed by atoms with Gasteiger partial charge in [-0.15, -0.1) is 0 Å². The number of rotatable bonds is 5. The van der Waals surface area contributed by atoms with E-state index in [0.29, 0.717) is 5.58 Å². The highest BCUT2D eigenvalue weighted by molar-refractivity contribution is 6.00. The van der Waals surface area contributed by atoms with E-state index in [9.17, 15) is 20.1 Å². The number of aliphatic hydroxyl groups is 3. The number of hydrogen-bond donors (Lipinski definition) is 3. The largest absolute Gasteiger partial charge is 0.422 e. The molecule has 1 heterocycles. The number of para-hydroxylation sites is 1. The molecule has 0 aliphatic heterocycles. The lowest BCUT2D eigenvalue weighted by Gasteiger charge is -2.23. The monoisotopic (exact) mass is 291 g/mol. The molecule has 3 N–H and O–H groups in total. The van der Waals surface area contributed by atoms with Crippen molar-refractivity contribution in [3.63, 3.8) is 0 Å². The fourth-order valence-corrected chi connectivity index (χ4v) is 1.99. The lowest BCUT2D eigenvalue weighted by Crippen LogP contribution is -2.40. The Morgan fingerprint density at radius 2 is 1.81 bits per heavy atom. The number of hydrogen-bond acceptors (Lipinski definition) is 6. The molecule has 2 aromatic rings. The van der Waals surface area contributed by atoms with Crippen molar-refractivity contribution in [1.29, 1.82) is 0 Å². The molecule has 0 saturated carbocycles. The lowest BCUT2D eigenvalue weighted by atomic mass is 10.0. The Morgan fingerprint density at radius 1 is 1.19 bits per heavy atom. The van der Waals surface area contributed by atoms with Crippen LogP contribution in [0.5, 0.6) is 0 Å². The van der Waals surface area contributed by atoms with Crippen LogP contribution in [0.15, 0.2) is 44.5 Å². The Balaban J connectivity index is 2.55. The van der Waals surface area contributed by atoms with Crippen molar-refractivity contribution in [3.8, 4) is 0 Å². The molecule has 0 unspecified atom stereocenters. The zero-order valence-corrected chi connectivity index (χ0v) is 11.6. The van der Waals surface area contributed by atoms with Gasteiger partial charge in [0, 0.05) is 11.1 Å². The Hall–Kier alpha value is -2.02. The molecule has 0 atom stereocenters. The molecule has 0 aliphatic carbocycles. The second-order valence-corrected chi connectivity index (χ2v) is 4.88. The maximum absolute atomic E-state index is 12.0. The first-order valence-electron chi connectivity index (χ1n) is 6.47. The van der Waals surface area contributed by atoms with E-state index in [4.69, 9.17) is 4.42 Å². The molecule has 6 nitrogen and oxygen atoms in total. The van der Waals surface area contributed by atoms with E-state index < -0.39 is 31.0 Å². The van der Waals surface area contributed by atoms with E-state index in [1.54, 1.807) is 31.2 Å². The van der Waals surface area contributed by atoms with Gasteiger partial charge in [-0.25, -0.2) is 4.79 Å². The minimum absolute atomic E-state index is 0.230. The molecule has 112 valence electrons. The van der Waals surface area contributed by atoms with E-state index in [-0.39, 0.29) is 11.3 Å². The highest BCUT2D eigenvalue weighted by Gasteiger charge is 2.27. The van der Waals surface area contributed by atoms with Crippen molar-refractivity contribution in [3.05, 3.63) is 46.3 Å². The van der Waals surface area contributed by atoms with Gasteiger partial charge in [0.2, 0.25) is 0 Å². The molecular formula is C15H17NO5. The number of fused-ring (bicyclic) bond motifs is 1. The van der Waals surface area contributed by atoms with Crippen molar-refractivity contribution in [2.24, 2.45) is 4.99 Å². The zero-order valence-electron chi connectivity index (χ0n) is 11.6. The van der Waals surface area contributed by atoms with Crippen LogP contribution < -0.4 is 5.63 Å². The molecule has 2 rings (SSSR count). The summed E-state index contributed by atoms with van der Waals surface area (Å²) in [6, 6.07) is 8.70. The average Bonchev–Trinajstić information content (AvgIpc) is 2.52. The third-order valence-electron chi connectivity index (χ3n) is 3.32. The number of benzene rings is 1. The fourth-order valence-electron chi connectivity index (χ4n) is 1.99. The van der Waals surface area contributed by atoms with Crippen LogP contribution in [-0.2, 0) is 0 Å². The predicted molar refractivity (Wildman–Crippen MR) is 78.7 cm³/mol. The molecule has 1 aromatic heterocycles. The zero-order chi connectivity index (χ0) is 15.5. The summed E-state index contributed by atoms with van der Waals surface area (Å²) in [7, 11) is 0. The van der Waals surface area contributed by atoms with Crippen LogP contribution in [0, 0.1) is 0 Å². The van der Waals surface area contributed by atoms with Crippen LogP contribution in [0.3, 0.4) is 0 Å². The first-order valence-corrected chi connectivity index (χ1v) is 6.47. The summed E-state index contributed by atoms with van der Waals surface area (Å²) in [6.45, 7) is -0.0283.